The van der Waals surface area contributed by atoms with Crippen molar-refractivity contribution in [2.24, 2.45) is 0 Å². The zero-order chi connectivity index (χ0) is 31.6. The van der Waals surface area contributed by atoms with Crippen LogP contribution in [0.4, 0.5) is 0 Å². The van der Waals surface area contributed by atoms with Crippen LogP contribution in [0.1, 0.15) is 0 Å². The number of rotatable bonds is 4. The summed E-state index contributed by atoms with van der Waals surface area (Å²) in [5.74, 6) is 0. The second-order valence-corrected chi connectivity index (χ2v) is 12.2. The Labute approximate surface area is 276 Å². The molecule has 0 amide bonds. The van der Waals surface area contributed by atoms with Gasteiger partial charge in [0.05, 0.1) is 50.3 Å². The van der Waals surface area contributed by atoms with E-state index in [0.29, 0.717) is 0 Å². The molecule has 0 saturated heterocycles. The number of benzene rings is 6. The van der Waals surface area contributed by atoms with E-state index in [-0.39, 0.29) is 0 Å². The van der Waals surface area contributed by atoms with Crippen molar-refractivity contribution in [1.29, 1.82) is 0 Å². The molecule has 10 rings (SSSR count). The maximum absolute atomic E-state index is 5.21. The Bertz CT molecular complexity index is 2760. The predicted molar refractivity (Wildman–Crippen MR) is 199 cm³/mol. The molecule has 0 aliphatic carbocycles. The first-order chi connectivity index (χ1) is 23.8. The Balaban J connectivity index is 1.37. The first kappa shape index (κ1) is 26.7. The molecule has 0 aliphatic heterocycles. The van der Waals surface area contributed by atoms with E-state index in [2.05, 4.69) is 178 Å². The maximum atomic E-state index is 5.21. The Morgan fingerprint density at radius 1 is 0.417 bits per heavy atom. The van der Waals surface area contributed by atoms with Crippen LogP contribution in [-0.4, -0.2) is 19.1 Å². The number of hydrogen-bond donors (Lipinski definition) is 0. The standard InChI is InChI=1S/C44H28N4/c1-3-13-29(14-4-1)37-27-31(28-38(46-37)30-15-5-2-6-16-30)47-39-21-11-8-17-32(39)33-23-24-42-43(44(33)47)35-19-9-12-22-40(35)48(42)41-25-26-45-36-20-10-7-18-34(36)41/h1-28H. The summed E-state index contributed by atoms with van der Waals surface area (Å²) in [5.41, 5.74) is 11.9. The van der Waals surface area contributed by atoms with Crippen molar-refractivity contribution in [3.8, 4) is 33.9 Å². The summed E-state index contributed by atoms with van der Waals surface area (Å²) >= 11 is 0. The van der Waals surface area contributed by atoms with E-state index in [1.54, 1.807) is 0 Å². The van der Waals surface area contributed by atoms with Crippen molar-refractivity contribution in [3.05, 3.63) is 170 Å². The van der Waals surface area contributed by atoms with Gasteiger partial charge in [0.2, 0.25) is 0 Å². The van der Waals surface area contributed by atoms with Gasteiger partial charge in [0, 0.05) is 44.3 Å². The summed E-state index contributed by atoms with van der Waals surface area (Å²) < 4.78 is 4.86. The molecular formula is C44H28N4. The van der Waals surface area contributed by atoms with Crippen molar-refractivity contribution in [2.45, 2.75) is 0 Å². The molecule has 0 radical (unpaired) electrons. The van der Waals surface area contributed by atoms with Gasteiger partial charge in [-0.25, -0.2) is 4.98 Å². The average Bonchev–Trinajstić information content (AvgIpc) is 3.68. The number of hydrogen-bond acceptors (Lipinski definition) is 2. The molecule has 0 bridgehead atoms. The summed E-state index contributed by atoms with van der Waals surface area (Å²) in [4.78, 5) is 9.89. The van der Waals surface area contributed by atoms with Gasteiger partial charge < -0.3 is 9.13 Å². The van der Waals surface area contributed by atoms with E-state index in [1.165, 1.54) is 27.1 Å². The second-order valence-electron chi connectivity index (χ2n) is 12.2. The smallest absolute Gasteiger partial charge is 0.0730 e. The second kappa shape index (κ2) is 10.5. The third kappa shape index (κ3) is 3.96. The van der Waals surface area contributed by atoms with Crippen molar-refractivity contribution >= 4 is 54.5 Å². The van der Waals surface area contributed by atoms with Gasteiger partial charge in [0.25, 0.3) is 0 Å². The van der Waals surface area contributed by atoms with E-state index >= 15 is 0 Å². The van der Waals surface area contributed by atoms with Crippen LogP contribution in [0.5, 0.6) is 0 Å². The highest BCUT2D eigenvalue weighted by molar-refractivity contribution is 6.26. The normalized spacial score (nSPS) is 11.8. The lowest BCUT2D eigenvalue weighted by atomic mass is 10.1. The van der Waals surface area contributed by atoms with E-state index in [0.717, 1.165) is 61.3 Å². The van der Waals surface area contributed by atoms with E-state index in [1.807, 2.05) is 6.20 Å². The molecule has 10 aromatic rings. The fourth-order valence-electron chi connectivity index (χ4n) is 7.47. The van der Waals surface area contributed by atoms with Gasteiger partial charge in [0.1, 0.15) is 0 Å². The van der Waals surface area contributed by atoms with E-state index in [9.17, 15) is 0 Å². The van der Waals surface area contributed by atoms with Crippen LogP contribution in [0.2, 0.25) is 0 Å². The minimum Gasteiger partial charge on any atom is -0.308 e. The Morgan fingerprint density at radius 3 is 1.71 bits per heavy atom. The van der Waals surface area contributed by atoms with Crippen LogP contribution in [0.25, 0.3) is 88.4 Å². The number of fused-ring (bicyclic) bond motifs is 8. The van der Waals surface area contributed by atoms with Crippen molar-refractivity contribution in [3.63, 3.8) is 0 Å². The SMILES string of the molecule is c1ccc(-c2cc(-n3c4ccccc4c4ccc5c(c6ccccc6n5-c5ccnc6ccccc56)c43)cc(-c3ccccc3)n2)cc1. The number of aromatic nitrogens is 4. The van der Waals surface area contributed by atoms with Gasteiger partial charge in [-0.15, -0.1) is 0 Å². The third-order valence-corrected chi connectivity index (χ3v) is 9.54. The highest BCUT2D eigenvalue weighted by Gasteiger charge is 2.22. The molecule has 0 spiro atoms. The monoisotopic (exact) mass is 612 g/mol. The number of para-hydroxylation sites is 3. The first-order valence-electron chi connectivity index (χ1n) is 16.3. The molecule has 48 heavy (non-hydrogen) atoms. The Morgan fingerprint density at radius 2 is 1.00 bits per heavy atom. The number of pyridine rings is 2. The molecule has 0 atom stereocenters. The molecular weight excluding hydrogens is 585 g/mol. The van der Waals surface area contributed by atoms with Crippen molar-refractivity contribution in [2.75, 3.05) is 0 Å². The van der Waals surface area contributed by atoms with Gasteiger partial charge >= 0.3 is 0 Å². The number of nitrogens with zero attached hydrogens (tertiary/aromatic N) is 4. The summed E-state index contributed by atoms with van der Waals surface area (Å²) in [6, 6.07) is 58.1. The average molecular weight is 613 g/mol. The van der Waals surface area contributed by atoms with Crippen LogP contribution >= 0.6 is 0 Å². The largest absolute Gasteiger partial charge is 0.308 e. The lowest BCUT2D eigenvalue weighted by molar-refractivity contribution is 1.16. The summed E-state index contributed by atoms with van der Waals surface area (Å²) in [5, 5.41) is 6.00. The fraction of sp³-hybridized carbons (Fsp3) is 0. The van der Waals surface area contributed by atoms with E-state index in [4.69, 9.17) is 4.98 Å². The molecule has 4 heterocycles. The van der Waals surface area contributed by atoms with Crippen LogP contribution in [0, 0.1) is 0 Å². The summed E-state index contributed by atoms with van der Waals surface area (Å²) in [7, 11) is 0. The fourth-order valence-corrected chi connectivity index (χ4v) is 7.47. The van der Waals surface area contributed by atoms with Gasteiger partial charge in [0.15, 0.2) is 0 Å². The van der Waals surface area contributed by atoms with Gasteiger partial charge in [-0.05, 0) is 42.5 Å². The van der Waals surface area contributed by atoms with Crippen LogP contribution in [0.15, 0.2) is 170 Å². The lowest BCUT2D eigenvalue weighted by Gasteiger charge is -2.14. The minimum absolute atomic E-state index is 0.941. The highest BCUT2D eigenvalue weighted by Crippen LogP contribution is 2.43. The maximum Gasteiger partial charge on any atom is 0.0730 e. The molecule has 6 aromatic carbocycles. The quantitative estimate of drug-likeness (QED) is 0.198. The molecule has 0 fully saturated rings. The van der Waals surface area contributed by atoms with Gasteiger partial charge in [-0.2, -0.15) is 0 Å². The summed E-state index contributed by atoms with van der Waals surface area (Å²) in [6.45, 7) is 0. The van der Waals surface area contributed by atoms with Crippen LogP contribution in [0.3, 0.4) is 0 Å². The Kier molecular flexibility index (Phi) is 5.84. The minimum atomic E-state index is 0.941. The summed E-state index contributed by atoms with van der Waals surface area (Å²) in [6.07, 6.45) is 1.92. The lowest BCUT2D eigenvalue weighted by Crippen LogP contribution is -1.99. The zero-order valence-electron chi connectivity index (χ0n) is 26.0. The third-order valence-electron chi connectivity index (χ3n) is 9.54. The molecule has 4 nitrogen and oxygen atoms in total. The highest BCUT2D eigenvalue weighted by atomic mass is 15.0. The van der Waals surface area contributed by atoms with Gasteiger partial charge in [-0.1, -0.05) is 121 Å². The van der Waals surface area contributed by atoms with E-state index < -0.39 is 0 Å². The van der Waals surface area contributed by atoms with Crippen LogP contribution in [-0.2, 0) is 0 Å². The zero-order valence-corrected chi connectivity index (χ0v) is 26.0. The van der Waals surface area contributed by atoms with Crippen molar-refractivity contribution in [1.82, 2.24) is 19.1 Å². The first-order valence-corrected chi connectivity index (χ1v) is 16.3. The van der Waals surface area contributed by atoms with Crippen LogP contribution < -0.4 is 0 Å². The predicted octanol–water partition coefficient (Wildman–Crippen LogP) is 11.2. The molecule has 4 aromatic heterocycles. The molecule has 0 unspecified atom stereocenters. The van der Waals surface area contributed by atoms with Gasteiger partial charge in [-0.3, -0.25) is 4.98 Å². The Hall–Kier alpha value is -6.52. The molecule has 224 valence electrons. The van der Waals surface area contributed by atoms with Crippen molar-refractivity contribution < 1.29 is 0 Å². The topological polar surface area (TPSA) is 35.6 Å². The molecule has 0 N–H and O–H groups in total. The molecule has 4 heteroatoms. The molecule has 0 saturated carbocycles. The molecule has 0 aliphatic rings.